The fourth-order valence-corrected chi connectivity index (χ4v) is 6.34. The third-order valence-electron chi connectivity index (χ3n) is 4.98. The number of β-lactam (4-membered cyclic amide) rings is 1. The largest absolute Gasteiger partial charge is 0.477 e. The van der Waals surface area contributed by atoms with Crippen LogP contribution in [0.2, 0.25) is 0 Å². The Morgan fingerprint density at radius 1 is 1.44 bits per heavy atom. The highest BCUT2D eigenvalue weighted by Crippen LogP contribution is 2.41. The van der Waals surface area contributed by atoms with E-state index >= 15 is 0 Å². The van der Waals surface area contributed by atoms with E-state index in [9.17, 15) is 29.1 Å². The number of aromatic amines is 1. The number of H-pyrrole nitrogens is 1. The van der Waals surface area contributed by atoms with E-state index in [4.69, 9.17) is 9.85 Å². The molecule has 2 aliphatic heterocycles. The molecule has 0 bridgehead atoms. The maximum absolute atomic E-state index is 13.0. The van der Waals surface area contributed by atoms with Crippen molar-refractivity contribution >= 4 is 63.5 Å². The lowest BCUT2D eigenvalue weighted by Crippen LogP contribution is -2.71. The predicted octanol–water partition coefficient (Wildman–Crippen LogP) is -1.61. The van der Waals surface area contributed by atoms with E-state index in [-0.39, 0.29) is 33.2 Å². The Balaban J connectivity index is 1.52. The van der Waals surface area contributed by atoms with Crippen LogP contribution in [0.3, 0.4) is 0 Å². The molecule has 1 saturated heterocycles. The van der Waals surface area contributed by atoms with Crippen LogP contribution in [0.15, 0.2) is 36.6 Å². The molecule has 2 atom stereocenters. The number of nitrogen functional groups attached to an aromatic ring is 1. The third kappa shape index (κ3) is 4.73. The van der Waals surface area contributed by atoms with Gasteiger partial charge in [0.2, 0.25) is 0 Å². The summed E-state index contributed by atoms with van der Waals surface area (Å²) in [4.78, 5) is 74.0. The molecule has 5 N–H and O–H groups in total. The quantitative estimate of drug-likeness (QED) is 0.0948. The van der Waals surface area contributed by atoms with Crippen molar-refractivity contribution in [3.05, 3.63) is 43.1 Å². The van der Waals surface area contributed by atoms with Crippen molar-refractivity contribution in [2.75, 3.05) is 24.3 Å². The lowest BCUT2D eigenvalue weighted by Gasteiger charge is -2.49. The number of carbonyl (C=O) groups is 3. The van der Waals surface area contributed by atoms with Crippen molar-refractivity contribution in [2.24, 2.45) is 12.2 Å². The van der Waals surface area contributed by atoms with Crippen molar-refractivity contribution in [3.8, 4) is 0 Å². The van der Waals surface area contributed by atoms with Crippen LogP contribution < -0.4 is 22.2 Å². The molecule has 2 aliphatic rings. The number of hydrogen-bond acceptors (Lipinski definition) is 13. The molecule has 18 heteroatoms. The van der Waals surface area contributed by atoms with Gasteiger partial charge in [0.15, 0.2) is 16.0 Å². The van der Waals surface area contributed by atoms with Crippen LogP contribution in [0.1, 0.15) is 9.81 Å². The van der Waals surface area contributed by atoms with Gasteiger partial charge >= 0.3 is 17.1 Å². The minimum absolute atomic E-state index is 0.0446. The number of carboxylic acids is 1. The number of thioether (sulfide) groups is 2. The molecule has 0 saturated carbocycles. The first kappa shape index (κ1) is 21.6. The van der Waals surface area contributed by atoms with Gasteiger partial charge in [-0.1, -0.05) is 16.9 Å². The zero-order valence-corrected chi connectivity index (χ0v) is 20.5. The molecule has 2 aromatic heterocycles. The first-order valence-electron chi connectivity index (χ1n) is 11.3. The van der Waals surface area contributed by atoms with E-state index in [0.29, 0.717) is 5.57 Å². The summed E-state index contributed by atoms with van der Waals surface area (Å²) in [5.41, 5.74) is 3.17. The number of aromatic nitrogens is 4. The van der Waals surface area contributed by atoms with Gasteiger partial charge in [-0.05, 0) is 5.57 Å². The first-order valence-corrected chi connectivity index (χ1v) is 12.7. The molecule has 0 aromatic carbocycles. The van der Waals surface area contributed by atoms with E-state index in [1.807, 2.05) is 0 Å². The average Bonchev–Trinajstić information content (AvgIpc) is 3.28. The van der Waals surface area contributed by atoms with Crippen molar-refractivity contribution in [1.82, 2.24) is 30.0 Å². The second-order valence-electron chi connectivity index (χ2n) is 7.21. The summed E-state index contributed by atoms with van der Waals surface area (Å²) < 4.78 is 22.7. The van der Waals surface area contributed by atoms with E-state index in [1.165, 1.54) is 28.9 Å². The van der Waals surface area contributed by atoms with Crippen LogP contribution in [0.25, 0.3) is 0 Å². The molecule has 4 heterocycles. The zero-order valence-electron chi connectivity index (χ0n) is 21.1. The molecule has 0 radical (unpaired) electrons. The normalized spacial score (nSPS) is 21.1. The number of fused-ring (bicyclic) bond motifs is 1. The highest BCUT2D eigenvalue weighted by Gasteiger charge is 2.54. The van der Waals surface area contributed by atoms with Gasteiger partial charge in [-0.25, -0.2) is 9.78 Å². The van der Waals surface area contributed by atoms with E-state index < -0.39 is 53.1 Å². The van der Waals surface area contributed by atoms with Crippen molar-refractivity contribution in [2.45, 2.75) is 16.6 Å². The summed E-state index contributed by atoms with van der Waals surface area (Å²) in [7, 11) is -1.50. The molecule has 1 fully saturated rings. The Kier molecular flexibility index (Phi) is 6.10. The fourth-order valence-electron chi connectivity index (χ4n) is 3.39. The van der Waals surface area contributed by atoms with Crippen molar-refractivity contribution in [1.29, 1.82) is 0 Å². The molecular weight excluding hydrogens is 536 g/mol. The minimum atomic E-state index is -2.96. The van der Waals surface area contributed by atoms with Crippen LogP contribution >= 0.6 is 34.9 Å². The number of nitrogens with two attached hydrogens (primary N) is 1. The van der Waals surface area contributed by atoms with Crippen LogP contribution in [-0.2, 0) is 26.3 Å². The number of aryl methyl sites for hydroxylation is 1. The first-order chi connectivity index (χ1) is 18.3. The van der Waals surface area contributed by atoms with Gasteiger partial charge in [0.25, 0.3) is 11.8 Å². The van der Waals surface area contributed by atoms with Crippen molar-refractivity contribution < 1.29 is 28.4 Å². The summed E-state index contributed by atoms with van der Waals surface area (Å²) in [6.45, 7) is 0. The molecular formula is C18H18N8O7S3. The number of anilines is 1. The number of carbonyl (C=O) groups excluding carboxylic acids is 2. The fraction of sp³-hybridized carbons (Fsp3) is 0.333. The molecule has 190 valence electrons. The SMILES string of the molecule is [2H]C([2H])([2H])O/N=C(\C(=O)N[C@@H]1C(=O)N2C(C(=O)O)=C(CSc3nc(=O)c(=O)[nH]n3C)CS[C@H]12)c1csc(N)n1. The van der Waals surface area contributed by atoms with Crippen LogP contribution in [0.4, 0.5) is 5.13 Å². The number of aliphatic carboxylic acids is 1. The molecule has 15 nitrogen and oxygen atoms in total. The van der Waals surface area contributed by atoms with E-state index in [2.05, 4.69) is 30.4 Å². The number of nitrogens with zero attached hydrogens (tertiary/aromatic N) is 5. The Bertz CT molecular complexity index is 1530. The van der Waals surface area contributed by atoms with Gasteiger partial charge in [0.1, 0.15) is 29.8 Å². The highest BCUT2D eigenvalue weighted by atomic mass is 32.2. The lowest BCUT2D eigenvalue weighted by molar-refractivity contribution is -0.150. The standard InChI is InChI=1S/C18H18N8O7S3/c1-25-18(22-12(28)13(29)23-25)36-4-6-3-34-15-9(14(30)26(15)10(6)16(31)32)21-11(27)8(24-33-2)7-5-35-17(19)20-7/h5,9,15H,3-4H2,1-2H3,(H2,19,20)(H,21,27)(H,23,29)(H,31,32)/b24-8-/t9-,15-/m1/s1/i2D3. The molecule has 2 amide bonds. The molecule has 2 aromatic rings. The average molecular weight is 558 g/mol. The number of oxime groups is 1. The molecule has 0 spiro atoms. The Labute approximate surface area is 218 Å². The predicted molar refractivity (Wildman–Crippen MR) is 131 cm³/mol. The van der Waals surface area contributed by atoms with Gasteiger partial charge in [0, 0.05) is 23.9 Å². The van der Waals surface area contributed by atoms with Crippen LogP contribution in [0.5, 0.6) is 0 Å². The van der Waals surface area contributed by atoms with Gasteiger partial charge < -0.3 is 21.0 Å². The number of amides is 2. The molecule has 36 heavy (non-hydrogen) atoms. The molecule has 0 unspecified atom stereocenters. The third-order valence-corrected chi connectivity index (χ3v) is 8.11. The van der Waals surface area contributed by atoms with Gasteiger partial charge in [0.05, 0.1) is 4.11 Å². The summed E-state index contributed by atoms with van der Waals surface area (Å²) in [5, 5.41) is 18.7. The Morgan fingerprint density at radius 2 is 2.22 bits per heavy atom. The maximum atomic E-state index is 13.0. The summed E-state index contributed by atoms with van der Waals surface area (Å²) in [6, 6.07) is -1.15. The van der Waals surface area contributed by atoms with Gasteiger partial charge in [-0.2, -0.15) is 4.98 Å². The van der Waals surface area contributed by atoms with Crippen LogP contribution in [0, 0.1) is 0 Å². The second kappa shape index (κ2) is 10.2. The summed E-state index contributed by atoms with van der Waals surface area (Å²) in [5.74, 6) is -2.86. The zero-order chi connectivity index (χ0) is 28.6. The molecule has 0 aliphatic carbocycles. The van der Waals surface area contributed by atoms with E-state index in [1.54, 1.807) is 0 Å². The van der Waals surface area contributed by atoms with Gasteiger partial charge in [-0.15, -0.1) is 23.1 Å². The summed E-state index contributed by atoms with van der Waals surface area (Å²) >= 11 is 3.15. The number of hydrogen-bond donors (Lipinski definition) is 4. The van der Waals surface area contributed by atoms with Gasteiger partial charge in [-0.3, -0.25) is 33.9 Å². The second-order valence-corrected chi connectivity index (χ2v) is 10.1. The Morgan fingerprint density at radius 3 is 2.89 bits per heavy atom. The lowest BCUT2D eigenvalue weighted by atomic mass is 10.0. The topological polar surface area (TPSA) is 215 Å². The minimum Gasteiger partial charge on any atom is -0.477 e. The smallest absolute Gasteiger partial charge is 0.352 e. The summed E-state index contributed by atoms with van der Waals surface area (Å²) in [6.07, 6.45) is 0. The molecule has 4 rings (SSSR count). The number of nitrogens with one attached hydrogen (secondary N) is 2. The number of rotatable bonds is 8. The van der Waals surface area contributed by atoms with Crippen molar-refractivity contribution in [3.63, 3.8) is 0 Å². The maximum Gasteiger partial charge on any atom is 0.352 e. The number of carboxylic acid groups (broad SMARTS) is 1. The van der Waals surface area contributed by atoms with E-state index in [0.717, 1.165) is 28.0 Å². The Hall–Kier alpha value is -3.64. The monoisotopic (exact) mass is 557 g/mol. The van der Waals surface area contributed by atoms with Crippen LogP contribution in [-0.4, -0.2) is 83.2 Å². The number of thiazole rings is 1. The highest BCUT2D eigenvalue weighted by molar-refractivity contribution is 8.01.